The van der Waals surface area contributed by atoms with Gasteiger partial charge in [0.05, 0.1) is 36.0 Å². The van der Waals surface area contributed by atoms with Crippen LogP contribution in [-0.2, 0) is 9.53 Å². The summed E-state index contributed by atoms with van der Waals surface area (Å²) in [7, 11) is 1.58. The first-order chi connectivity index (χ1) is 16.5. The predicted octanol–water partition coefficient (Wildman–Crippen LogP) is 3.34. The molecule has 0 bridgehead atoms. The number of amides is 2. The smallest absolute Gasteiger partial charge is 0.338 e. The number of ether oxygens (including phenoxy) is 2. The molecule has 0 aliphatic carbocycles. The Kier molecular flexibility index (Phi) is 7.59. The summed E-state index contributed by atoms with van der Waals surface area (Å²) in [5.41, 5.74) is 2.73. The van der Waals surface area contributed by atoms with Gasteiger partial charge in [-0.3, -0.25) is 4.90 Å². The molecule has 1 unspecified atom stereocenters. The second-order valence-corrected chi connectivity index (χ2v) is 8.54. The number of urea groups is 1. The summed E-state index contributed by atoms with van der Waals surface area (Å²) in [6.45, 7) is 5.54. The van der Waals surface area contributed by atoms with E-state index >= 15 is 0 Å². The van der Waals surface area contributed by atoms with Gasteiger partial charge in [0.25, 0.3) is 0 Å². The van der Waals surface area contributed by atoms with E-state index in [9.17, 15) is 9.59 Å². The van der Waals surface area contributed by atoms with Crippen LogP contribution in [0.25, 0.3) is 0 Å². The zero-order chi connectivity index (χ0) is 24.1. The van der Waals surface area contributed by atoms with Crippen LogP contribution in [0.5, 0.6) is 5.75 Å². The molecule has 2 aromatic carbocycles. The maximum Gasteiger partial charge on any atom is 0.338 e. The average molecular weight is 485 g/mol. The molecule has 1 saturated heterocycles. The van der Waals surface area contributed by atoms with E-state index < -0.39 is 12.0 Å². The van der Waals surface area contributed by atoms with Gasteiger partial charge in [-0.1, -0.05) is 35.9 Å². The number of hydrogen-bond donors (Lipinski definition) is 2. The number of benzene rings is 2. The number of para-hydroxylation sites is 1. The topological polar surface area (TPSA) is 83.1 Å². The number of carbonyl (C=O) groups is 2. The van der Waals surface area contributed by atoms with E-state index in [2.05, 4.69) is 20.4 Å². The second kappa shape index (κ2) is 10.8. The minimum absolute atomic E-state index is 0.241. The van der Waals surface area contributed by atoms with E-state index in [1.54, 1.807) is 14.0 Å². The molecule has 2 aliphatic heterocycles. The van der Waals surface area contributed by atoms with E-state index in [1.807, 2.05) is 48.5 Å². The van der Waals surface area contributed by atoms with E-state index in [0.29, 0.717) is 23.6 Å². The summed E-state index contributed by atoms with van der Waals surface area (Å²) in [5, 5.41) is 6.46. The van der Waals surface area contributed by atoms with E-state index in [1.165, 1.54) is 0 Å². The van der Waals surface area contributed by atoms with Crippen molar-refractivity contribution >= 4 is 29.3 Å². The van der Waals surface area contributed by atoms with Crippen LogP contribution in [0.1, 0.15) is 18.5 Å². The van der Waals surface area contributed by atoms with Gasteiger partial charge in [0.15, 0.2) is 0 Å². The Bertz CT molecular complexity index is 1080. The van der Waals surface area contributed by atoms with Crippen LogP contribution >= 0.6 is 11.6 Å². The number of nitrogens with zero attached hydrogens (tertiary/aromatic N) is 2. The van der Waals surface area contributed by atoms with E-state index in [-0.39, 0.29) is 12.6 Å². The highest BCUT2D eigenvalue weighted by atomic mass is 35.5. The van der Waals surface area contributed by atoms with E-state index in [4.69, 9.17) is 21.1 Å². The molecule has 8 nitrogen and oxygen atoms in total. The van der Waals surface area contributed by atoms with Crippen molar-refractivity contribution in [2.45, 2.75) is 13.0 Å². The van der Waals surface area contributed by atoms with Crippen LogP contribution in [0.2, 0.25) is 5.02 Å². The third kappa shape index (κ3) is 5.29. The Labute approximate surface area is 204 Å². The van der Waals surface area contributed by atoms with Crippen molar-refractivity contribution in [3.8, 4) is 5.75 Å². The highest BCUT2D eigenvalue weighted by Gasteiger charge is 2.35. The molecule has 4 rings (SSSR count). The first kappa shape index (κ1) is 23.9. The molecule has 0 aromatic heterocycles. The average Bonchev–Trinajstić information content (AvgIpc) is 2.85. The summed E-state index contributed by atoms with van der Waals surface area (Å²) < 4.78 is 10.7. The van der Waals surface area contributed by atoms with Gasteiger partial charge in [0.1, 0.15) is 5.75 Å². The summed E-state index contributed by atoms with van der Waals surface area (Å²) in [6.07, 6.45) is 0. The van der Waals surface area contributed by atoms with Crippen molar-refractivity contribution in [3.05, 3.63) is 70.4 Å². The van der Waals surface area contributed by atoms with Gasteiger partial charge in [0.2, 0.25) is 0 Å². The van der Waals surface area contributed by atoms with Crippen molar-refractivity contribution in [3.63, 3.8) is 0 Å². The number of piperazine rings is 1. The summed E-state index contributed by atoms with van der Waals surface area (Å²) in [4.78, 5) is 30.1. The normalized spacial score (nSPS) is 18.9. The minimum Gasteiger partial charge on any atom is -0.497 e. The standard InChI is InChI=1S/C25H29ClN4O4/c1-3-34-24(31)22-20(27-25(32)28-23(22)17-7-6-8-18(15-17)33-2)16-29-11-13-30(14-12-29)21-10-5-4-9-19(21)26/h4-10,15,23H,3,11-14,16H2,1-2H3,(H2,27,28,32). The minimum atomic E-state index is -0.637. The van der Waals surface area contributed by atoms with Crippen molar-refractivity contribution in [2.24, 2.45) is 0 Å². The molecule has 1 fully saturated rings. The molecule has 2 aromatic rings. The molecule has 2 aliphatic rings. The number of carbonyl (C=O) groups excluding carboxylic acids is 2. The van der Waals surface area contributed by atoms with Gasteiger partial charge in [-0.2, -0.15) is 0 Å². The number of esters is 1. The van der Waals surface area contributed by atoms with Crippen molar-refractivity contribution in [1.82, 2.24) is 15.5 Å². The van der Waals surface area contributed by atoms with Gasteiger partial charge in [-0.05, 0) is 36.8 Å². The molecule has 2 N–H and O–H groups in total. The number of halogens is 1. The summed E-state index contributed by atoms with van der Waals surface area (Å²) >= 11 is 6.37. The van der Waals surface area contributed by atoms with Gasteiger partial charge in [-0.15, -0.1) is 0 Å². The Morgan fingerprint density at radius 3 is 2.59 bits per heavy atom. The lowest BCUT2D eigenvalue weighted by Gasteiger charge is -2.38. The number of anilines is 1. The van der Waals surface area contributed by atoms with Crippen LogP contribution in [0.3, 0.4) is 0 Å². The first-order valence-electron chi connectivity index (χ1n) is 11.3. The first-order valence-corrected chi connectivity index (χ1v) is 11.7. The second-order valence-electron chi connectivity index (χ2n) is 8.14. The molecular formula is C25H29ClN4O4. The molecule has 34 heavy (non-hydrogen) atoms. The fourth-order valence-corrected chi connectivity index (χ4v) is 4.60. The van der Waals surface area contributed by atoms with Gasteiger partial charge in [0, 0.05) is 38.4 Å². The molecule has 0 spiro atoms. The monoisotopic (exact) mass is 484 g/mol. The van der Waals surface area contributed by atoms with Crippen LogP contribution in [-0.4, -0.2) is 63.3 Å². The Morgan fingerprint density at radius 2 is 1.88 bits per heavy atom. The third-order valence-corrected chi connectivity index (χ3v) is 6.34. The Morgan fingerprint density at radius 1 is 1.12 bits per heavy atom. The number of methoxy groups -OCH3 is 1. The molecule has 2 heterocycles. The highest BCUT2D eigenvalue weighted by molar-refractivity contribution is 6.33. The van der Waals surface area contributed by atoms with Gasteiger partial charge in [-0.25, -0.2) is 9.59 Å². The molecule has 2 amide bonds. The van der Waals surface area contributed by atoms with Crippen LogP contribution in [0.4, 0.5) is 10.5 Å². The van der Waals surface area contributed by atoms with Crippen LogP contribution in [0.15, 0.2) is 59.8 Å². The molecule has 0 radical (unpaired) electrons. The zero-order valence-electron chi connectivity index (χ0n) is 19.3. The fraction of sp³-hybridized carbons (Fsp3) is 0.360. The maximum atomic E-state index is 13.0. The van der Waals surface area contributed by atoms with Crippen molar-refractivity contribution < 1.29 is 19.1 Å². The number of nitrogens with one attached hydrogen (secondary N) is 2. The lowest BCUT2D eigenvalue weighted by molar-refractivity contribution is -0.139. The largest absolute Gasteiger partial charge is 0.497 e. The molecule has 9 heteroatoms. The van der Waals surface area contributed by atoms with Crippen molar-refractivity contribution in [2.75, 3.05) is 51.3 Å². The quantitative estimate of drug-likeness (QED) is 0.586. The van der Waals surface area contributed by atoms with Gasteiger partial charge < -0.3 is 25.0 Å². The van der Waals surface area contributed by atoms with E-state index in [0.717, 1.165) is 42.5 Å². The molecule has 0 saturated carbocycles. The lowest BCUT2D eigenvalue weighted by atomic mass is 9.94. The number of rotatable bonds is 7. The SMILES string of the molecule is CCOC(=O)C1=C(CN2CCN(c3ccccc3Cl)CC2)NC(=O)NC1c1cccc(OC)c1. The maximum absolute atomic E-state index is 13.0. The lowest BCUT2D eigenvalue weighted by Crippen LogP contribution is -2.51. The predicted molar refractivity (Wildman–Crippen MR) is 131 cm³/mol. The number of hydrogen-bond acceptors (Lipinski definition) is 6. The molecule has 180 valence electrons. The van der Waals surface area contributed by atoms with Crippen molar-refractivity contribution in [1.29, 1.82) is 0 Å². The van der Waals surface area contributed by atoms with Crippen LogP contribution in [0, 0.1) is 0 Å². The zero-order valence-corrected chi connectivity index (χ0v) is 20.1. The third-order valence-electron chi connectivity index (χ3n) is 6.02. The Balaban J connectivity index is 1.57. The molecular weight excluding hydrogens is 456 g/mol. The summed E-state index contributed by atoms with van der Waals surface area (Å²) in [5.74, 6) is 0.193. The molecule has 1 atom stereocenters. The highest BCUT2D eigenvalue weighted by Crippen LogP contribution is 2.31. The van der Waals surface area contributed by atoms with Crippen LogP contribution < -0.4 is 20.3 Å². The van der Waals surface area contributed by atoms with Gasteiger partial charge >= 0.3 is 12.0 Å². The summed E-state index contributed by atoms with van der Waals surface area (Å²) in [6, 6.07) is 14.1. The fourth-order valence-electron chi connectivity index (χ4n) is 4.34. The Hall–Kier alpha value is -3.23.